The Bertz CT molecular complexity index is 1590. The minimum Gasteiger partial charge on any atom is -0.300 e. The van der Waals surface area contributed by atoms with E-state index in [2.05, 4.69) is 25.1 Å². The first kappa shape index (κ1) is 18.1. The Labute approximate surface area is 183 Å². The van der Waals surface area contributed by atoms with Crippen molar-refractivity contribution in [2.24, 2.45) is 0 Å². The summed E-state index contributed by atoms with van der Waals surface area (Å²) >= 11 is 0. The van der Waals surface area contributed by atoms with Crippen molar-refractivity contribution in [3.05, 3.63) is 103 Å². The molecule has 0 N–H and O–H groups in total. The lowest BCUT2D eigenvalue weighted by molar-refractivity contribution is 1.08. The quantitative estimate of drug-likeness (QED) is 0.420. The van der Waals surface area contributed by atoms with Gasteiger partial charge in [-0.15, -0.1) is 10.2 Å². The van der Waals surface area contributed by atoms with Crippen LogP contribution in [-0.4, -0.2) is 34.0 Å². The summed E-state index contributed by atoms with van der Waals surface area (Å²) in [5.41, 5.74) is 5.35. The van der Waals surface area contributed by atoms with Crippen molar-refractivity contribution in [3.8, 4) is 11.3 Å². The van der Waals surface area contributed by atoms with Gasteiger partial charge in [-0.05, 0) is 60.7 Å². The Morgan fingerprint density at radius 2 is 1.28 bits per heavy atom. The van der Waals surface area contributed by atoms with Gasteiger partial charge < -0.3 is 8.80 Å². The van der Waals surface area contributed by atoms with E-state index in [0.717, 1.165) is 45.3 Å². The predicted molar refractivity (Wildman–Crippen MR) is 125 cm³/mol. The molecule has 7 nitrogen and oxygen atoms in total. The van der Waals surface area contributed by atoms with Crippen LogP contribution in [0, 0.1) is 0 Å². The molecule has 2 aliphatic heterocycles. The molecule has 0 aromatic carbocycles. The van der Waals surface area contributed by atoms with Crippen LogP contribution >= 0.6 is 0 Å². The van der Waals surface area contributed by atoms with Crippen molar-refractivity contribution in [2.75, 3.05) is 0 Å². The number of pyridine rings is 2. The van der Waals surface area contributed by atoms with E-state index < -0.39 is 0 Å². The van der Waals surface area contributed by atoms with E-state index in [0.29, 0.717) is 0 Å². The van der Waals surface area contributed by atoms with Gasteiger partial charge in [-0.1, -0.05) is 12.1 Å². The second kappa shape index (κ2) is 7.55. The summed E-state index contributed by atoms with van der Waals surface area (Å²) in [6.45, 7) is 0. The number of aromatic nitrogens is 7. The molecule has 0 bridgehead atoms. The largest absolute Gasteiger partial charge is 0.300 e. The average molecular weight is 415 g/mol. The van der Waals surface area contributed by atoms with Crippen molar-refractivity contribution in [3.63, 3.8) is 0 Å². The maximum atomic E-state index is 4.55. The van der Waals surface area contributed by atoms with Crippen LogP contribution in [0.1, 0.15) is 23.0 Å². The molecule has 0 atom stereocenters. The van der Waals surface area contributed by atoms with Gasteiger partial charge in [-0.3, -0.25) is 4.98 Å². The molecule has 6 rings (SSSR count). The molecule has 32 heavy (non-hydrogen) atoms. The van der Waals surface area contributed by atoms with E-state index in [-0.39, 0.29) is 0 Å². The zero-order valence-corrected chi connectivity index (χ0v) is 16.9. The minimum absolute atomic E-state index is 0.739. The van der Waals surface area contributed by atoms with Crippen LogP contribution < -0.4 is 0 Å². The predicted octanol–water partition coefficient (Wildman–Crippen LogP) is 4.61. The lowest BCUT2D eigenvalue weighted by Gasteiger charge is -1.95. The van der Waals surface area contributed by atoms with Gasteiger partial charge in [0, 0.05) is 18.0 Å². The lowest BCUT2D eigenvalue weighted by Crippen LogP contribution is -1.86. The number of hydrogen-bond acceptors (Lipinski definition) is 5. The van der Waals surface area contributed by atoms with Gasteiger partial charge in [0.05, 0.1) is 41.0 Å². The fraction of sp³-hybridized carbons (Fsp3) is 0. The number of hydrogen-bond donors (Lipinski definition) is 0. The normalized spacial score (nSPS) is 12.1. The molecule has 4 aromatic heterocycles. The zero-order valence-electron chi connectivity index (χ0n) is 16.9. The van der Waals surface area contributed by atoms with Crippen LogP contribution in [-0.2, 0) is 0 Å². The van der Waals surface area contributed by atoms with Crippen LogP contribution in [0.25, 0.3) is 46.6 Å². The van der Waals surface area contributed by atoms with Crippen LogP contribution in [0.5, 0.6) is 0 Å². The molecule has 6 heterocycles. The summed E-state index contributed by atoms with van der Waals surface area (Å²) in [6, 6.07) is 16.0. The summed E-state index contributed by atoms with van der Waals surface area (Å²) in [6.07, 6.45) is 17.2. The molecule has 0 fully saturated rings. The van der Waals surface area contributed by atoms with Crippen molar-refractivity contribution < 1.29 is 0 Å². The fourth-order valence-electron chi connectivity index (χ4n) is 3.67. The van der Waals surface area contributed by atoms with E-state index in [1.807, 2.05) is 106 Å². The van der Waals surface area contributed by atoms with Gasteiger partial charge in [-0.25, -0.2) is 9.97 Å². The Balaban J connectivity index is 1.30. The maximum Gasteiger partial charge on any atom is 0.137 e. The van der Waals surface area contributed by atoms with Gasteiger partial charge in [0.2, 0.25) is 0 Å². The molecule has 4 aromatic rings. The maximum absolute atomic E-state index is 4.55. The number of fused-ring (bicyclic) bond motifs is 3. The highest BCUT2D eigenvalue weighted by Crippen LogP contribution is 2.23. The van der Waals surface area contributed by atoms with Crippen molar-refractivity contribution in [2.45, 2.75) is 0 Å². The van der Waals surface area contributed by atoms with E-state index in [1.165, 1.54) is 0 Å². The van der Waals surface area contributed by atoms with Gasteiger partial charge >= 0.3 is 0 Å². The highest BCUT2D eigenvalue weighted by atomic mass is 15.1. The van der Waals surface area contributed by atoms with Gasteiger partial charge in [0.15, 0.2) is 0 Å². The first-order valence-corrected chi connectivity index (χ1v) is 10.2. The topological polar surface area (TPSA) is 73.3 Å². The number of imidazole rings is 2. The second-order valence-electron chi connectivity index (χ2n) is 7.29. The van der Waals surface area contributed by atoms with Crippen molar-refractivity contribution in [1.29, 1.82) is 0 Å². The summed E-state index contributed by atoms with van der Waals surface area (Å²) in [5, 5.41) is 8.59. The summed E-state index contributed by atoms with van der Waals surface area (Å²) in [7, 11) is 0. The lowest BCUT2D eigenvalue weighted by atomic mass is 10.1. The fourth-order valence-corrected chi connectivity index (χ4v) is 3.67. The summed E-state index contributed by atoms with van der Waals surface area (Å²) in [4.78, 5) is 13.5. The molecule has 0 unspecified atom stereocenters. The van der Waals surface area contributed by atoms with Gasteiger partial charge in [0.25, 0.3) is 0 Å². The van der Waals surface area contributed by atoms with Crippen molar-refractivity contribution in [1.82, 2.24) is 34.0 Å². The van der Waals surface area contributed by atoms with E-state index in [1.54, 1.807) is 6.20 Å². The number of rotatable bonds is 4. The molecule has 0 spiro atoms. The van der Waals surface area contributed by atoms with Crippen LogP contribution in [0.4, 0.5) is 0 Å². The summed E-state index contributed by atoms with van der Waals surface area (Å²) in [5.74, 6) is 1.69. The SMILES string of the molecule is C(=C\c1ncc2ccccn12)/c1ccc2c(/C=C/c3ncc4ccccn34)nnc-2cn1. The third-order valence-electron chi connectivity index (χ3n) is 5.30. The molecule has 7 heteroatoms. The molecule has 0 aliphatic carbocycles. The molecule has 0 amide bonds. The Kier molecular flexibility index (Phi) is 4.28. The molecule has 0 saturated heterocycles. The molecular formula is C25H17N7. The summed E-state index contributed by atoms with van der Waals surface area (Å²) < 4.78 is 4.06. The third-order valence-corrected chi connectivity index (χ3v) is 5.30. The van der Waals surface area contributed by atoms with E-state index in [9.17, 15) is 0 Å². The highest BCUT2D eigenvalue weighted by Gasteiger charge is 2.10. The zero-order chi connectivity index (χ0) is 21.3. The average Bonchev–Trinajstić information content (AvgIpc) is 3.51. The van der Waals surface area contributed by atoms with Crippen LogP contribution in [0.15, 0.2) is 79.5 Å². The van der Waals surface area contributed by atoms with Crippen LogP contribution in [0.3, 0.4) is 0 Å². The van der Waals surface area contributed by atoms with Crippen LogP contribution in [0.2, 0.25) is 0 Å². The monoisotopic (exact) mass is 415 g/mol. The first-order valence-electron chi connectivity index (χ1n) is 10.2. The Morgan fingerprint density at radius 3 is 2.00 bits per heavy atom. The second-order valence-corrected chi connectivity index (χ2v) is 7.29. The first-order chi connectivity index (χ1) is 15.8. The Morgan fingerprint density at radius 1 is 0.594 bits per heavy atom. The van der Waals surface area contributed by atoms with Gasteiger partial charge in [-0.2, -0.15) is 0 Å². The minimum atomic E-state index is 0.739. The van der Waals surface area contributed by atoms with E-state index >= 15 is 0 Å². The van der Waals surface area contributed by atoms with Crippen molar-refractivity contribution >= 4 is 35.3 Å². The smallest absolute Gasteiger partial charge is 0.137 e. The van der Waals surface area contributed by atoms with Gasteiger partial charge in [0.1, 0.15) is 17.3 Å². The standard InChI is InChI=1S/C25H17N7/c1-3-13-31-19(5-1)15-27-24(31)11-8-18-7-9-21-22(29-30-23(21)17-26-18)10-12-25-28-16-20-6-2-4-14-32(20)25/h1-17H/b11-8+,12-10+. The third kappa shape index (κ3) is 3.22. The molecule has 2 aliphatic rings. The molecule has 0 saturated carbocycles. The molecular weight excluding hydrogens is 398 g/mol. The van der Waals surface area contributed by atoms with E-state index in [4.69, 9.17) is 0 Å². The molecule has 0 radical (unpaired) electrons. The highest BCUT2D eigenvalue weighted by molar-refractivity contribution is 5.78. The number of nitrogens with zero attached hydrogens (tertiary/aromatic N) is 7. The Hall–Kier alpha value is -4.65. The molecule has 152 valence electrons.